The molecule has 0 radical (unpaired) electrons. The number of thiophene rings is 2. The first-order valence-corrected chi connectivity index (χ1v) is 19.9. The summed E-state index contributed by atoms with van der Waals surface area (Å²) in [6.45, 7) is 0. The van der Waals surface area contributed by atoms with Crippen LogP contribution in [0.5, 0.6) is 0 Å². The second kappa shape index (κ2) is 13.1. The molecule has 11 aromatic rings. The van der Waals surface area contributed by atoms with Crippen LogP contribution in [0.4, 0.5) is 17.1 Å². The van der Waals surface area contributed by atoms with Crippen molar-refractivity contribution in [3.05, 3.63) is 200 Å². The smallest absolute Gasteiger partial charge is 0.0640 e. The van der Waals surface area contributed by atoms with Crippen LogP contribution in [0, 0.1) is 0 Å². The van der Waals surface area contributed by atoms with Crippen molar-refractivity contribution in [2.24, 2.45) is 0 Å². The van der Waals surface area contributed by atoms with Gasteiger partial charge in [-0.25, -0.2) is 0 Å². The Kier molecular flexibility index (Phi) is 6.46. The Bertz CT molecular complexity index is 3470. The van der Waals surface area contributed by atoms with Crippen LogP contribution in [-0.4, -0.2) is 0 Å². The van der Waals surface area contributed by atoms with Gasteiger partial charge >= 0.3 is 0 Å². The quantitative estimate of drug-likeness (QED) is 0.164. The van der Waals surface area contributed by atoms with Crippen LogP contribution in [0.25, 0.3) is 84.5 Å². The van der Waals surface area contributed by atoms with Crippen molar-refractivity contribution in [2.75, 3.05) is 4.90 Å². The SMILES string of the molecule is [2H]c1c([2H])c([2H])c(-c2ccc(-c3ccc(N(c4cccc5c4sc4c(-c6ccccc6)cccc45)c4cccc5sc6ccccc6c45)cc3)c3ccccc23)c([2H])c1[2H]. The average Bonchev–Trinajstić information content (AvgIpc) is 3.88. The molecule has 2 aromatic heterocycles. The lowest BCUT2D eigenvalue weighted by atomic mass is 9.92. The molecule has 0 fully saturated rings. The molecule has 0 amide bonds. The van der Waals surface area contributed by atoms with Crippen LogP contribution in [-0.2, 0) is 0 Å². The highest BCUT2D eigenvalue weighted by molar-refractivity contribution is 7.27. The van der Waals surface area contributed by atoms with Gasteiger partial charge in [0, 0.05) is 41.3 Å². The minimum absolute atomic E-state index is 0.205. The van der Waals surface area contributed by atoms with Gasteiger partial charge in [0.05, 0.1) is 22.9 Å². The van der Waals surface area contributed by atoms with Crippen LogP contribution in [0.15, 0.2) is 200 Å². The fourth-order valence-electron chi connectivity index (χ4n) is 8.12. The summed E-state index contributed by atoms with van der Waals surface area (Å²) in [5, 5.41) is 6.67. The van der Waals surface area contributed by atoms with E-state index in [9.17, 15) is 0 Å². The number of hydrogen-bond donors (Lipinski definition) is 0. The molecular weight excluding hydrogens is 703 g/mol. The summed E-state index contributed by atoms with van der Waals surface area (Å²) in [6.07, 6.45) is 0. The third-order valence-corrected chi connectivity index (χ3v) is 13.0. The Labute approximate surface area is 334 Å². The maximum Gasteiger partial charge on any atom is 0.0640 e. The molecule has 0 N–H and O–H groups in total. The van der Waals surface area contributed by atoms with E-state index in [1.807, 2.05) is 59.1 Å². The average molecular weight is 741 g/mol. The van der Waals surface area contributed by atoms with Gasteiger partial charge in [-0.1, -0.05) is 164 Å². The Hall–Kier alpha value is -6.52. The number of anilines is 3. The van der Waals surface area contributed by atoms with Crippen molar-refractivity contribution in [1.29, 1.82) is 0 Å². The molecule has 55 heavy (non-hydrogen) atoms. The van der Waals surface area contributed by atoms with Gasteiger partial charge in [0.1, 0.15) is 0 Å². The molecule has 11 rings (SSSR count). The van der Waals surface area contributed by atoms with E-state index in [4.69, 9.17) is 6.85 Å². The number of fused-ring (bicyclic) bond motifs is 7. The van der Waals surface area contributed by atoms with Crippen molar-refractivity contribution >= 4 is 90.9 Å². The van der Waals surface area contributed by atoms with Gasteiger partial charge in [-0.05, 0) is 80.6 Å². The second-order valence-corrected chi connectivity index (χ2v) is 15.7. The minimum atomic E-state index is -0.396. The second-order valence-electron chi connectivity index (χ2n) is 13.6. The first-order valence-electron chi connectivity index (χ1n) is 20.8. The molecule has 0 aliphatic carbocycles. The normalized spacial score (nSPS) is 12.9. The van der Waals surface area contributed by atoms with E-state index >= 15 is 0 Å². The van der Waals surface area contributed by atoms with Crippen molar-refractivity contribution in [2.45, 2.75) is 0 Å². The van der Waals surface area contributed by atoms with E-state index in [0.717, 1.165) is 39.0 Å². The van der Waals surface area contributed by atoms with Crippen LogP contribution >= 0.6 is 22.7 Å². The first kappa shape index (κ1) is 27.1. The summed E-state index contributed by atoms with van der Waals surface area (Å²) in [7, 11) is 0. The van der Waals surface area contributed by atoms with Crippen LogP contribution in [0.2, 0.25) is 0 Å². The monoisotopic (exact) mass is 740 g/mol. The Morgan fingerprint density at radius 2 is 0.945 bits per heavy atom. The molecule has 0 aliphatic heterocycles. The van der Waals surface area contributed by atoms with Crippen molar-refractivity contribution in [1.82, 2.24) is 0 Å². The molecule has 3 heteroatoms. The van der Waals surface area contributed by atoms with E-state index < -0.39 is 6.04 Å². The summed E-state index contributed by atoms with van der Waals surface area (Å²) in [4.78, 5) is 2.42. The summed E-state index contributed by atoms with van der Waals surface area (Å²) in [5.74, 6) is 0. The lowest BCUT2D eigenvalue weighted by Gasteiger charge is -2.27. The van der Waals surface area contributed by atoms with Gasteiger partial charge in [-0.2, -0.15) is 0 Å². The molecule has 2 heterocycles. The van der Waals surface area contributed by atoms with Gasteiger partial charge in [-0.3, -0.25) is 0 Å². The molecule has 0 unspecified atom stereocenters. The highest BCUT2D eigenvalue weighted by Gasteiger charge is 2.22. The molecule has 258 valence electrons. The van der Waals surface area contributed by atoms with Gasteiger partial charge in [0.15, 0.2) is 0 Å². The standard InChI is InChI=1S/C52H33NS2/c1-3-14-34(15-4-1)38-32-33-39(42-19-8-7-18-41(38)42)36-28-30-37(31-29-36)53(46-24-13-27-49-50(46)45-20-9-10-26-48(45)54-49)47-25-12-23-44-43-22-11-21-40(51(43)55-52(44)47)35-16-5-2-6-17-35/h1-33H/i1D,3D,4D,14D,15D. The summed E-state index contributed by atoms with van der Waals surface area (Å²) >= 11 is 3.66. The molecule has 0 saturated carbocycles. The van der Waals surface area contributed by atoms with Gasteiger partial charge in [-0.15, -0.1) is 22.7 Å². The Balaban J connectivity index is 1.11. The van der Waals surface area contributed by atoms with E-state index in [0.29, 0.717) is 5.56 Å². The minimum Gasteiger partial charge on any atom is -0.308 e. The molecule has 0 saturated heterocycles. The fraction of sp³-hybridized carbons (Fsp3) is 0. The molecule has 0 atom stereocenters. The molecular formula is C52H33NS2. The lowest BCUT2D eigenvalue weighted by Crippen LogP contribution is -2.10. The molecule has 1 nitrogen and oxygen atoms in total. The van der Waals surface area contributed by atoms with E-state index in [1.165, 1.54) is 51.5 Å². The van der Waals surface area contributed by atoms with E-state index in [-0.39, 0.29) is 29.7 Å². The topological polar surface area (TPSA) is 3.24 Å². The maximum atomic E-state index is 8.71. The largest absolute Gasteiger partial charge is 0.308 e. The fourth-order valence-corrected chi connectivity index (χ4v) is 10.6. The lowest BCUT2D eigenvalue weighted by molar-refractivity contribution is 1.32. The van der Waals surface area contributed by atoms with Crippen LogP contribution < -0.4 is 4.90 Å². The van der Waals surface area contributed by atoms with Crippen LogP contribution in [0.1, 0.15) is 6.85 Å². The number of rotatable bonds is 6. The number of benzene rings is 9. The molecule has 0 aliphatic rings. The van der Waals surface area contributed by atoms with Crippen molar-refractivity contribution in [3.63, 3.8) is 0 Å². The number of nitrogens with zero attached hydrogens (tertiary/aromatic N) is 1. The predicted octanol–water partition coefficient (Wildman–Crippen LogP) is 16.0. The highest BCUT2D eigenvalue weighted by atomic mass is 32.1. The molecule has 0 spiro atoms. The summed E-state index contributed by atoms with van der Waals surface area (Å²) in [5.41, 5.74) is 8.48. The van der Waals surface area contributed by atoms with Gasteiger partial charge < -0.3 is 4.90 Å². The zero-order valence-corrected chi connectivity index (χ0v) is 31.1. The zero-order chi connectivity index (χ0) is 40.6. The third-order valence-electron chi connectivity index (χ3n) is 10.6. The Morgan fingerprint density at radius 3 is 1.73 bits per heavy atom. The van der Waals surface area contributed by atoms with Gasteiger partial charge in [0.2, 0.25) is 0 Å². The Morgan fingerprint density at radius 1 is 0.364 bits per heavy atom. The molecule has 0 bridgehead atoms. The third kappa shape index (κ3) is 5.27. The van der Waals surface area contributed by atoms with Crippen LogP contribution in [0.3, 0.4) is 0 Å². The number of hydrogen-bond acceptors (Lipinski definition) is 3. The van der Waals surface area contributed by atoms with E-state index in [2.05, 4.69) is 138 Å². The summed E-state index contributed by atoms with van der Waals surface area (Å²) < 4.78 is 47.2. The van der Waals surface area contributed by atoms with Crippen molar-refractivity contribution in [3.8, 4) is 33.4 Å². The van der Waals surface area contributed by atoms with E-state index in [1.54, 1.807) is 0 Å². The van der Waals surface area contributed by atoms with Crippen molar-refractivity contribution < 1.29 is 6.85 Å². The maximum absolute atomic E-state index is 8.71. The zero-order valence-electron chi connectivity index (χ0n) is 34.4. The summed E-state index contributed by atoms with van der Waals surface area (Å²) in [6, 6.07) is 58.2. The highest BCUT2D eigenvalue weighted by Crippen LogP contribution is 2.50. The predicted molar refractivity (Wildman–Crippen MR) is 241 cm³/mol. The molecule has 9 aromatic carbocycles. The first-order chi connectivity index (χ1) is 29.4. The van der Waals surface area contributed by atoms with Gasteiger partial charge in [0.25, 0.3) is 0 Å².